The first kappa shape index (κ1) is 34.7. The lowest BCUT2D eigenvalue weighted by Crippen LogP contribution is -2.63. The van der Waals surface area contributed by atoms with Crippen LogP contribution in [-0.2, 0) is 49.3 Å². The lowest BCUT2D eigenvalue weighted by molar-refractivity contribution is -0.289. The van der Waals surface area contributed by atoms with E-state index in [2.05, 4.69) is 20.2 Å². The Morgan fingerprint density at radius 1 is 0.956 bits per heavy atom. The normalized spacial score (nSPS) is 20.8. The molecule has 1 aliphatic rings. The van der Waals surface area contributed by atoms with Crippen LogP contribution in [-0.4, -0.2) is 84.5 Å². The van der Waals surface area contributed by atoms with Crippen molar-refractivity contribution in [2.75, 3.05) is 19.8 Å². The van der Waals surface area contributed by atoms with Gasteiger partial charge in [0.2, 0.25) is 18.3 Å². The maximum absolute atomic E-state index is 12.2. The van der Waals surface area contributed by atoms with Gasteiger partial charge < -0.3 is 33.2 Å². The number of hydrogen-bond acceptors (Lipinski definition) is 13. The Morgan fingerprint density at radius 3 is 2.16 bits per heavy atom. The number of rotatable bonds is 14. The maximum atomic E-state index is 12.2. The highest BCUT2D eigenvalue weighted by Crippen LogP contribution is 2.34. The summed E-state index contributed by atoms with van der Waals surface area (Å²) in [4.78, 5) is 50.7. The molecule has 5 atom stereocenters. The fraction of sp³-hybridized carbons (Fsp3) is 0.552. The number of benzene rings is 1. The van der Waals surface area contributed by atoms with E-state index in [9.17, 15) is 19.2 Å². The van der Waals surface area contributed by atoms with Gasteiger partial charge in [0.05, 0.1) is 13.2 Å². The number of azide groups is 1. The largest absolute Gasteiger partial charge is 0.493 e. The number of nitrogens with zero attached hydrogens (tertiary/aromatic N) is 4. The zero-order valence-electron chi connectivity index (χ0n) is 25.9. The minimum Gasteiger partial charge on any atom is -0.493 e. The zero-order valence-corrected chi connectivity index (χ0v) is 25.9. The molecule has 2 aromatic rings. The van der Waals surface area contributed by atoms with E-state index in [1.807, 2.05) is 26.0 Å². The summed E-state index contributed by atoms with van der Waals surface area (Å²) in [5, 5.41) is 10.8. The van der Waals surface area contributed by atoms with Gasteiger partial charge in [0.15, 0.2) is 12.2 Å². The summed E-state index contributed by atoms with van der Waals surface area (Å²) in [5.74, 6) is -2.16. The van der Waals surface area contributed by atoms with Crippen LogP contribution in [0.1, 0.15) is 64.3 Å². The number of ether oxygens (including phenoxy) is 7. The Bertz CT molecular complexity index is 1390. The summed E-state index contributed by atoms with van der Waals surface area (Å²) in [6, 6.07) is 7.28. The molecule has 2 heterocycles. The van der Waals surface area contributed by atoms with Crippen molar-refractivity contribution >= 4 is 23.9 Å². The van der Waals surface area contributed by atoms with Crippen molar-refractivity contribution in [3.63, 3.8) is 0 Å². The molecular formula is C29H37N5O11. The van der Waals surface area contributed by atoms with E-state index >= 15 is 0 Å². The molecule has 1 aromatic heterocycles. The molecule has 1 N–H and O–H groups in total. The smallest absolute Gasteiger partial charge is 0.303 e. The highest BCUT2D eigenvalue weighted by Gasteiger charge is 2.53. The topological polar surface area (TPSA) is 210 Å². The van der Waals surface area contributed by atoms with Crippen molar-refractivity contribution in [1.29, 1.82) is 0 Å². The van der Waals surface area contributed by atoms with Crippen molar-refractivity contribution in [3.8, 4) is 11.6 Å². The lowest BCUT2D eigenvalue weighted by atomic mass is 9.97. The quantitative estimate of drug-likeness (QED) is 0.0795. The Morgan fingerprint density at radius 2 is 1.58 bits per heavy atom. The molecule has 0 saturated carbocycles. The molecule has 0 bridgehead atoms. The fourth-order valence-corrected chi connectivity index (χ4v) is 4.66. The maximum Gasteiger partial charge on any atom is 0.303 e. The van der Waals surface area contributed by atoms with Gasteiger partial charge >= 0.3 is 23.9 Å². The minimum atomic E-state index is -1.43. The third kappa shape index (κ3) is 10.1. The second kappa shape index (κ2) is 16.3. The van der Waals surface area contributed by atoms with Crippen molar-refractivity contribution in [2.24, 2.45) is 5.11 Å². The van der Waals surface area contributed by atoms with Crippen LogP contribution in [0.2, 0.25) is 0 Å². The average molecular weight is 632 g/mol. The molecule has 16 nitrogen and oxygen atoms in total. The van der Waals surface area contributed by atoms with E-state index in [1.54, 1.807) is 12.1 Å². The van der Waals surface area contributed by atoms with Crippen LogP contribution >= 0.6 is 0 Å². The highest BCUT2D eigenvalue weighted by molar-refractivity contribution is 5.68. The molecule has 3 rings (SSSR count). The number of carbonyl (C=O) groups is 4. The number of hydrogen-bond donors (Lipinski definition) is 1. The summed E-state index contributed by atoms with van der Waals surface area (Å²) in [6.45, 7) is 8.59. The third-order valence-electron chi connectivity index (χ3n) is 6.44. The average Bonchev–Trinajstić information content (AvgIpc) is 3.35. The van der Waals surface area contributed by atoms with Gasteiger partial charge in [-0.1, -0.05) is 31.1 Å². The van der Waals surface area contributed by atoms with Gasteiger partial charge in [-0.15, -0.1) is 5.10 Å². The Balaban J connectivity index is 1.97. The van der Waals surface area contributed by atoms with Crippen molar-refractivity contribution < 1.29 is 52.3 Å². The molecular weight excluding hydrogens is 594 g/mol. The number of carbonyl (C=O) groups excluding carboxylic acids is 4. The molecule has 1 saturated heterocycles. The van der Waals surface area contributed by atoms with Gasteiger partial charge in [-0.05, 0) is 29.1 Å². The molecule has 16 heteroatoms. The first-order chi connectivity index (χ1) is 21.4. The predicted octanol–water partition coefficient (Wildman–Crippen LogP) is 3.27. The molecule has 0 aliphatic carbocycles. The van der Waals surface area contributed by atoms with Crippen LogP contribution in [0.4, 0.5) is 0 Å². The van der Waals surface area contributed by atoms with Crippen LogP contribution in [0.3, 0.4) is 0 Å². The van der Waals surface area contributed by atoms with Crippen LogP contribution in [0.15, 0.2) is 29.4 Å². The van der Waals surface area contributed by atoms with Crippen molar-refractivity contribution in [2.45, 2.75) is 84.6 Å². The highest BCUT2D eigenvalue weighted by atomic mass is 16.7. The second-order valence-electron chi connectivity index (χ2n) is 10.4. The number of nitrogens with one attached hydrogen (secondary N) is 1. The third-order valence-corrected chi connectivity index (χ3v) is 6.44. The van der Waals surface area contributed by atoms with Crippen molar-refractivity contribution in [1.82, 2.24) is 10.2 Å². The molecule has 1 aliphatic heterocycles. The Kier molecular flexibility index (Phi) is 12.6. The SMILES string of the molecule is CC(=O)OC[C@H]1O[C@@H](Oc2n[nH]c(C(C)C)c2Cc2ccc(OCCN=[N+]=[N-])cc2)[C@H](OC(C)=O)[C@@H](OC(C)=O)[C@@H]1OC(C)=O. The van der Waals surface area contributed by atoms with Gasteiger partial charge in [0.25, 0.3) is 0 Å². The number of esters is 4. The summed E-state index contributed by atoms with van der Waals surface area (Å²) in [5.41, 5.74) is 10.7. The fourth-order valence-electron chi connectivity index (χ4n) is 4.66. The first-order valence-corrected chi connectivity index (χ1v) is 14.2. The van der Waals surface area contributed by atoms with Crippen LogP contribution in [0, 0.1) is 0 Å². The molecule has 0 unspecified atom stereocenters. The molecule has 45 heavy (non-hydrogen) atoms. The summed E-state index contributed by atoms with van der Waals surface area (Å²) < 4.78 is 39.4. The summed E-state index contributed by atoms with van der Waals surface area (Å²) in [7, 11) is 0. The monoisotopic (exact) mass is 631 g/mol. The number of H-pyrrole nitrogens is 1. The van der Waals surface area contributed by atoms with E-state index < -0.39 is 54.6 Å². The predicted molar refractivity (Wildman–Crippen MR) is 154 cm³/mol. The first-order valence-electron chi connectivity index (χ1n) is 14.2. The standard InChI is InChI=1S/C29H37N5O11/c1-15(2)24-22(13-20-7-9-21(10-8-20)39-12-11-31-34-30)28(33-32-24)45-29-27(43-19(6)38)26(42-18(5)37)25(41-17(4)36)23(44-29)14-40-16(3)35/h7-10,15,23,25-27,29H,11-14H2,1-6H3,(H,32,33)/t23-,25-,26+,27-,29+/m1/s1. The molecule has 1 fully saturated rings. The lowest BCUT2D eigenvalue weighted by Gasteiger charge is -2.43. The Labute approximate surface area is 259 Å². The van der Waals surface area contributed by atoms with Gasteiger partial charge in [-0.25, -0.2) is 0 Å². The molecule has 244 valence electrons. The van der Waals surface area contributed by atoms with Crippen LogP contribution < -0.4 is 9.47 Å². The second-order valence-corrected chi connectivity index (χ2v) is 10.4. The van der Waals surface area contributed by atoms with E-state index in [0.29, 0.717) is 17.7 Å². The Hall–Kier alpha value is -4.82. The van der Waals surface area contributed by atoms with Gasteiger partial charge in [0.1, 0.15) is 18.5 Å². The zero-order chi connectivity index (χ0) is 33.1. The number of aromatic nitrogens is 2. The summed E-state index contributed by atoms with van der Waals surface area (Å²) in [6.07, 6.45) is -6.33. The molecule has 0 amide bonds. The molecule has 0 radical (unpaired) electrons. The van der Waals surface area contributed by atoms with E-state index in [4.69, 9.17) is 38.7 Å². The summed E-state index contributed by atoms with van der Waals surface area (Å²) >= 11 is 0. The van der Waals surface area contributed by atoms with Crippen LogP contribution in [0.25, 0.3) is 10.4 Å². The number of aromatic amines is 1. The molecule has 1 aromatic carbocycles. The van der Waals surface area contributed by atoms with E-state index in [-0.39, 0.29) is 31.6 Å². The van der Waals surface area contributed by atoms with E-state index in [0.717, 1.165) is 32.0 Å². The van der Waals surface area contributed by atoms with Gasteiger partial charge in [-0.2, -0.15) is 0 Å². The molecule has 0 spiro atoms. The van der Waals surface area contributed by atoms with Crippen LogP contribution in [0.5, 0.6) is 11.6 Å². The van der Waals surface area contributed by atoms with Gasteiger partial charge in [0, 0.05) is 50.3 Å². The minimum absolute atomic E-state index is 0.00328. The van der Waals surface area contributed by atoms with Gasteiger partial charge in [-0.3, -0.25) is 24.3 Å². The van der Waals surface area contributed by atoms with Crippen molar-refractivity contribution in [3.05, 3.63) is 51.5 Å². The van der Waals surface area contributed by atoms with E-state index in [1.165, 1.54) is 6.92 Å².